The predicted molar refractivity (Wildman–Crippen MR) is 99.9 cm³/mol. The number of carbonyl (C=O) groups is 2. The fraction of sp³-hybridized carbons (Fsp3) is 0.333. The van der Waals surface area contributed by atoms with Crippen molar-refractivity contribution in [3.8, 4) is 0 Å². The first-order chi connectivity index (χ1) is 11.9. The van der Waals surface area contributed by atoms with Crippen LogP contribution in [0.15, 0.2) is 36.4 Å². The summed E-state index contributed by atoms with van der Waals surface area (Å²) >= 11 is 7.45. The van der Waals surface area contributed by atoms with Crippen LogP contribution in [0.25, 0.3) is 0 Å². The van der Waals surface area contributed by atoms with Gasteiger partial charge in [0.2, 0.25) is 5.91 Å². The van der Waals surface area contributed by atoms with Crippen molar-refractivity contribution >= 4 is 34.8 Å². The molecule has 0 aliphatic heterocycles. The highest BCUT2D eigenvalue weighted by Crippen LogP contribution is 2.22. The molecule has 5 nitrogen and oxygen atoms in total. The summed E-state index contributed by atoms with van der Waals surface area (Å²) in [7, 11) is 3.25. The first kappa shape index (κ1) is 19.4. The van der Waals surface area contributed by atoms with Gasteiger partial charge in [0.05, 0.1) is 23.1 Å². The summed E-state index contributed by atoms with van der Waals surface area (Å²) < 4.78 is 5.41. The van der Waals surface area contributed by atoms with Gasteiger partial charge in [-0.2, -0.15) is 0 Å². The van der Waals surface area contributed by atoms with E-state index in [-0.39, 0.29) is 17.9 Å². The third-order valence-electron chi connectivity index (χ3n) is 3.92. The maximum absolute atomic E-state index is 12.3. The number of likely N-dealkylation sites (N-methyl/N-ethyl adjacent to an activating group) is 1. The van der Waals surface area contributed by atoms with E-state index < -0.39 is 0 Å². The van der Waals surface area contributed by atoms with Crippen LogP contribution in [0.1, 0.15) is 27.7 Å². The van der Waals surface area contributed by atoms with Crippen molar-refractivity contribution in [3.05, 3.63) is 56.7 Å². The minimum absolute atomic E-state index is 0.0535. The normalized spacial score (nSPS) is 12.0. The number of halogens is 1. The topological polar surface area (TPSA) is 58.6 Å². The van der Waals surface area contributed by atoms with Crippen molar-refractivity contribution in [2.24, 2.45) is 0 Å². The van der Waals surface area contributed by atoms with Crippen molar-refractivity contribution in [2.75, 3.05) is 14.2 Å². The molecule has 0 saturated heterocycles. The Morgan fingerprint density at radius 2 is 1.92 bits per heavy atom. The molecular weight excluding hydrogens is 360 g/mol. The Morgan fingerprint density at radius 3 is 2.48 bits per heavy atom. The number of nitrogens with zero attached hydrogens (tertiary/aromatic N) is 1. The van der Waals surface area contributed by atoms with E-state index >= 15 is 0 Å². The molecule has 1 heterocycles. The fourth-order valence-corrected chi connectivity index (χ4v) is 3.38. The van der Waals surface area contributed by atoms with E-state index in [9.17, 15) is 9.59 Å². The van der Waals surface area contributed by atoms with Gasteiger partial charge in [0.25, 0.3) is 0 Å². The van der Waals surface area contributed by atoms with Crippen LogP contribution in [0.4, 0.5) is 0 Å². The lowest BCUT2D eigenvalue weighted by Gasteiger charge is -2.23. The largest absolute Gasteiger partial charge is 0.465 e. The number of esters is 1. The highest BCUT2D eigenvalue weighted by molar-refractivity contribution is 7.16. The van der Waals surface area contributed by atoms with E-state index in [1.807, 2.05) is 31.0 Å². The average Bonchev–Trinajstić information content (AvgIpc) is 3.03. The molecule has 1 N–H and O–H groups in total. The molecule has 7 heteroatoms. The zero-order valence-corrected chi connectivity index (χ0v) is 16.0. The molecule has 0 aliphatic carbocycles. The van der Waals surface area contributed by atoms with Gasteiger partial charge in [-0.15, -0.1) is 11.3 Å². The van der Waals surface area contributed by atoms with Crippen molar-refractivity contribution in [3.63, 3.8) is 0 Å². The van der Waals surface area contributed by atoms with Crippen LogP contribution in [-0.2, 0) is 22.6 Å². The highest BCUT2D eigenvalue weighted by Gasteiger charge is 2.18. The molecule has 1 amide bonds. The SMILES string of the molecule is COC(=O)c1ccc(CNC(=O)[C@@H](C)N(C)Cc2ccc(Cl)s2)cc1. The van der Waals surface area contributed by atoms with Crippen LogP contribution >= 0.6 is 22.9 Å². The molecule has 0 saturated carbocycles. The molecule has 2 rings (SSSR count). The predicted octanol–water partition coefficient (Wildman–Crippen LogP) is 3.32. The van der Waals surface area contributed by atoms with E-state index in [4.69, 9.17) is 11.6 Å². The number of hydrogen-bond acceptors (Lipinski definition) is 5. The molecule has 0 bridgehead atoms. The van der Waals surface area contributed by atoms with E-state index in [1.54, 1.807) is 24.3 Å². The van der Waals surface area contributed by atoms with Gasteiger partial charge in [-0.25, -0.2) is 4.79 Å². The summed E-state index contributed by atoms with van der Waals surface area (Å²) in [4.78, 5) is 26.8. The summed E-state index contributed by atoms with van der Waals surface area (Å²) in [5.74, 6) is -0.429. The molecule has 25 heavy (non-hydrogen) atoms. The van der Waals surface area contributed by atoms with Crippen LogP contribution in [0.5, 0.6) is 0 Å². The van der Waals surface area contributed by atoms with Gasteiger partial charge in [-0.1, -0.05) is 23.7 Å². The first-order valence-corrected chi connectivity index (χ1v) is 8.99. The Bertz CT molecular complexity index is 730. The maximum Gasteiger partial charge on any atom is 0.337 e. The molecule has 2 aromatic rings. The van der Waals surface area contributed by atoms with Gasteiger partial charge in [-0.3, -0.25) is 9.69 Å². The Kier molecular flexibility index (Phi) is 6.99. The lowest BCUT2D eigenvalue weighted by molar-refractivity contribution is -0.125. The number of carbonyl (C=O) groups excluding carboxylic acids is 2. The summed E-state index contributed by atoms with van der Waals surface area (Å²) in [6.07, 6.45) is 0. The third kappa shape index (κ3) is 5.56. The molecule has 0 aliphatic rings. The molecule has 0 radical (unpaired) electrons. The number of thiophene rings is 1. The summed E-state index contributed by atoms with van der Waals surface area (Å²) in [5.41, 5.74) is 1.40. The minimum Gasteiger partial charge on any atom is -0.465 e. The maximum atomic E-state index is 12.3. The zero-order valence-electron chi connectivity index (χ0n) is 14.4. The van der Waals surface area contributed by atoms with E-state index in [0.29, 0.717) is 18.7 Å². The Labute approximate surface area is 156 Å². The van der Waals surface area contributed by atoms with Gasteiger partial charge in [-0.05, 0) is 43.8 Å². The van der Waals surface area contributed by atoms with Crippen LogP contribution in [0.3, 0.4) is 0 Å². The number of amides is 1. The van der Waals surface area contributed by atoms with Crippen molar-refractivity contribution in [1.82, 2.24) is 10.2 Å². The van der Waals surface area contributed by atoms with Crippen LogP contribution in [0.2, 0.25) is 4.34 Å². The minimum atomic E-state index is -0.375. The second-order valence-corrected chi connectivity index (χ2v) is 7.50. The first-order valence-electron chi connectivity index (χ1n) is 7.80. The van der Waals surface area contributed by atoms with Crippen LogP contribution in [0, 0.1) is 0 Å². The van der Waals surface area contributed by atoms with E-state index in [0.717, 1.165) is 14.8 Å². The van der Waals surface area contributed by atoms with Gasteiger partial charge in [0, 0.05) is 18.0 Å². The number of benzene rings is 1. The van der Waals surface area contributed by atoms with Crippen LogP contribution in [-0.4, -0.2) is 37.0 Å². The number of hydrogen-bond donors (Lipinski definition) is 1. The van der Waals surface area contributed by atoms with Crippen molar-refractivity contribution < 1.29 is 14.3 Å². The summed E-state index contributed by atoms with van der Waals surface area (Å²) in [5, 5.41) is 2.91. The van der Waals surface area contributed by atoms with Crippen molar-refractivity contribution in [2.45, 2.75) is 26.1 Å². The Hall–Kier alpha value is -1.89. The Balaban J connectivity index is 1.85. The van der Waals surface area contributed by atoms with E-state index in [2.05, 4.69) is 10.1 Å². The lowest BCUT2D eigenvalue weighted by atomic mass is 10.1. The van der Waals surface area contributed by atoms with Gasteiger partial charge in [0.15, 0.2) is 0 Å². The number of nitrogens with one attached hydrogen (secondary N) is 1. The molecule has 1 atom stereocenters. The summed E-state index contributed by atoms with van der Waals surface area (Å²) in [6.45, 7) is 2.94. The highest BCUT2D eigenvalue weighted by atomic mass is 35.5. The summed E-state index contributed by atoms with van der Waals surface area (Å²) in [6, 6.07) is 10.5. The second kappa shape index (κ2) is 8.99. The number of methoxy groups -OCH3 is 1. The lowest BCUT2D eigenvalue weighted by Crippen LogP contribution is -2.42. The Morgan fingerprint density at radius 1 is 1.24 bits per heavy atom. The quantitative estimate of drug-likeness (QED) is 0.748. The molecule has 1 aromatic carbocycles. The van der Waals surface area contributed by atoms with E-state index in [1.165, 1.54) is 18.4 Å². The molecule has 1 aromatic heterocycles. The monoisotopic (exact) mass is 380 g/mol. The molecule has 0 fully saturated rings. The van der Waals surface area contributed by atoms with Gasteiger partial charge < -0.3 is 10.1 Å². The molecule has 134 valence electrons. The number of rotatable bonds is 7. The second-order valence-electron chi connectivity index (χ2n) is 5.70. The molecule has 0 unspecified atom stereocenters. The van der Waals surface area contributed by atoms with Gasteiger partial charge in [0.1, 0.15) is 0 Å². The van der Waals surface area contributed by atoms with Gasteiger partial charge >= 0.3 is 5.97 Å². The van der Waals surface area contributed by atoms with Crippen LogP contribution < -0.4 is 5.32 Å². The zero-order chi connectivity index (χ0) is 18.4. The van der Waals surface area contributed by atoms with Crippen molar-refractivity contribution in [1.29, 1.82) is 0 Å². The third-order valence-corrected chi connectivity index (χ3v) is 5.13. The fourth-order valence-electron chi connectivity index (χ4n) is 2.23. The number of ether oxygens (including phenoxy) is 1. The molecule has 0 spiro atoms. The molecular formula is C18H21ClN2O3S. The average molecular weight is 381 g/mol. The smallest absolute Gasteiger partial charge is 0.337 e. The standard InChI is InChI=1S/C18H21ClN2O3S/c1-12(21(2)11-15-8-9-16(19)25-15)17(22)20-10-13-4-6-14(7-5-13)18(23)24-3/h4-9,12H,10-11H2,1-3H3,(H,20,22)/t12-/m1/s1.